The molecule has 6 heterocycles. The average molecular weight is 777 g/mol. The Morgan fingerprint density at radius 2 is 0.750 bits per heavy atom. The van der Waals surface area contributed by atoms with Crippen molar-refractivity contribution in [2.24, 2.45) is 0 Å². The smallest absolute Gasteiger partial charge is 0.227 e. The van der Waals surface area contributed by atoms with Gasteiger partial charge in [-0.05, 0) is 83.6 Å². The number of ether oxygens (including phenoxy) is 2. The number of hydrogen-bond acceptors (Lipinski definition) is 10. The molecule has 0 atom stereocenters. The molecule has 60 heavy (non-hydrogen) atoms. The Morgan fingerprint density at radius 3 is 1.13 bits per heavy atom. The molecule has 7 aromatic carbocycles. The van der Waals surface area contributed by atoms with Crippen molar-refractivity contribution in [3.63, 3.8) is 0 Å². The molecule has 0 N–H and O–H groups in total. The van der Waals surface area contributed by atoms with E-state index < -0.39 is 0 Å². The van der Waals surface area contributed by atoms with Gasteiger partial charge in [0.25, 0.3) is 0 Å². The highest BCUT2D eigenvalue weighted by atomic mass is 16.5. The van der Waals surface area contributed by atoms with E-state index in [-0.39, 0.29) is 0 Å². The highest BCUT2D eigenvalue weighted by molar-refractivity contribution is 6.19. The van der Waals surface area contributed by atoms with E-state index in [4.69, 9.17) is 28.3 Å². The maximum Gasteiger partial charge on any atom is 0.227 e. The van der Waals surface area contributed by atoms with Crippen molar-refractivity contribution in [2.45, 2.75) is 0 Å². The molecule has 0 fully saturated rings. The Labute approximate surface area is 341 Å². The van der Waals surface area contributed by atoms with Crippen LogP contribution in [0.4, 0.5) is 34.1 Å². The molecule has 13 rings (SSSR count). The van der Waals surface area contributed by atoms with Gasteiger partial charge in [-0.2, -0.15) is 0 Å². The van der Waals surface area contributed by atoms with E-state index in [1.165, 1.54) is 0 Å². The van der Waals surface area contributed by atoms with Crippen LogP contribution in [0.15, 0.2) is 179 Å². The Kier molecular flexibility index (Phi) is 6.78. The van der Waals surface area contributed by atoms with E-state index >= 15 is 0 Å². The minimum Gasteiger partial charge on any atom is -0.453 e. The maximum absolute atomic E-state index is 6.48. The molecule has 0 bridgehead atoms. The first-order chi connectivity index (χ1) is 29.7. The Hall–Kier alpha value is -8.50. The lowest BCUT2D eigenvalue weighted by Crippen LogP contribution is -2.16. The van der Waals surface area contributed by atoms with Crippen molar-refractivity contribution >= 4 is 77.9 Å². The summed E-state index contributed by atoms with van der Waals surface area (Å²) in [6, 6.07) is 49.2. The summed E-state index contributed by atoms with van der Waals surface area (Å²) in [6.07, 6.45) is 6.87. The van der Waals surface area contributed by atoms with Crippen LogP contribution in [-0.4, -0.2) is 19.9 Å². The number of pyridine rings is 2. The lowest BCUT2D eigenvalue weighted by molar-refractivity contribution is 0.477. The highest BCUT2D eigenvalue weighted by Gasteiger charge is 2.31. The number of anilines is 6. The topological polar surface area (TPSA) is 103 Å². The summed E-state index contributed by atoms with van der Waals surface area (Å²) in [6.45, 7) is 0. The molecule has 2 aliphatic heterocycles. The van der Waals surface area contributed by atoms with Crippen molar-refractivity contribution < 1.29 is 18.3 Å². The fourth-order valence-corrected chi connectivity index (χ4v) is 8.59. The van der Waals surface area contributed by atoms with Crippen LogP contribution in [0.1, 0.15) is 0 Å². The Bertz CT molecular complexity index is 3170. The molecule has 0 saturated heterocycles. The van der Waals surface area contributed by atoms with Crippen LogP contribution in [0.2, 0.25) is 0 Å². The molecule has 10 nitrogen and oxygen atoms in total. The zero-order valence-corrected chi connectivity index (χ0v) is 31.5. The Balaban J connectivity index is 1.16. The molecule has 2 aliphatic rings. The van der Waals surface area contributed by atoms with Gasteiger partial charge in [0.1, 0.15) is 11.0 Å². The minimum absolute atomic E-state index is 0.479. The molecule has 4 aromatic heterocycles. The van der Waals surface area contributed by atoms with Crippen LogP contribution in [0.3, 0.4) is 0 Å². The van der Waals surface area contributed by atoms with Crippen molar-refractivity contribution in [3.05, 3.63) is 170 Å². The van der Waals surface area contributed by atoms with Gasteiger partial charge in [-0.15, -0.1) is 0 Å². The predicted molar refractivity (Wildman–Crippen MR) is 233 cm³/mol. The fraction of sp³-hybridized carbons (Fsp3) is 0. The summed E-state index contributed by atoms with van der Waals surface area (Å²) in [4.78, 5) is 23.1. The molecule has 10 heteroatoms. The van der Waals surface area contributed by atoms with Gasteiger partial charge in [-0.1, -0.05) is 60.7 Å². The number of para-hydroxylation sites is 8. The second kappa shape index (κ2) is 12.5. The summed E-state index contributed by atoms with van der Waals surface area (Å²) in [5.41, 5.74) is 9.74. The number of oxazole rings is 2. The zero-order chi connectivity index (χ0) is 39.3. The summed E-state index contributed by atoms with van der Waals surface area (Å²) >= 11 is 0. The van der Waals surface area contributed by atoms with E-state index in [0.717, 1.165) is 89.8 Å². The first kappa shape index (κ1) is 32.6. The molecular formula is C50H28N6O4. The number of benzene rings is 7. The van der Waals surface area contributed by atoms with Crippen molar-refractivity contribution in [3.8, 4) is 45.9 Å². The van der Waals surface area contributed by atoms with Crippen molar-refractivity contribution in [1.82, 2.24) is 19.9 Å². The third-order valence-corrected chi connectivity index (χ3v) is 11.2. The van der Waals surface area contributed by atoms with E-state index in [9.17, 15) is 0 Å². The molecule has 0 unspecified atom stereocenters. The molecule has 0 amide bonds. The van der Waals surface area contributed by atoms with Gasteiger partial charge in [0.15, 0.2) is 34.2 Å². The molecule has 0 saturated carbocycles. The van der Waals surface area contributed by atoms with Crippen LogP contribution in [0.25, 0.3) is 66.7 Å². The quantitative estimate of drug-likeness (QED) is 0.160. The van der Waals surface area contributed by atoms with Crippen molar-refractivity contribution in [2.75, 3.05) is 9.80 Å². The van der Waals surface area contributed by atoms with Gasteiger partial charge in [-0.25, -0.2) is 9.97 Å². The second-order valence-corrected chi connectivity index (χ2v) is 14.7. The van der Waals surface area contributed by atoms with E-state index in [2.05, 4.69) is 80.4 Å². The second-order valence-electron chi connectivity index (χ2n) is 14.7. The third-order valence-electron chi connectivity index (χ3n) is 11.2. The lowest BCUT2D eigenvalue weighted by Gasteiger charge is -2.34. The number of fused-ring (bicyclic) bond motifs is 9. The zero-order valence-electron chi connectivity index (χ0n) is 31.5. The van der Waals surface area contributed by atoms with Crippen LogP contribution < -0.4 is 19.3 Å². The molecule has 282 valence electrons. The maximum atomic E-state index is 6.48. The molecule has 0 radical (unpaired) electrons. The highest BCUT2D eigenvalue weighted by Crippen LogP contribution is 2.55. The summed E-state index contributed by atoms with van der Waals surface area (Å²) in [5, 5.41) is 3.95. The summed E-state index contributed by atoms with van der Waals surface area (Å²) < 4.78 is 25.9. The number of aromatic nitrogens is 4. The van der Waals surface area contributed by atoms with E-state index in [1.54, 1.807) is 24.8 Å². The predicted octanol–water partition coefficient (Wildman–Crippen LogP) is 13.6. The molecule has 0 spiro atoms. The third kappa shape index (κ3) is 4.88. The number of hydrogen-bond donors (Lipinski definition) is 0. The fourth-order valence-electron chi connectivity index (χ4n) is 8.59. The van der Waals surface area contributed by atoms with E-state index in [1.807, 2.05) is 84.9 Å². The standard InChI is InChI=1S/C50H28N6O4/c1-5-13-45-37(9-1)55(38-10-2-6-14-46(38)57-45)41-25-29(49-53-35-27-51-21-19-43(35)59-49)23-33-31(41)17-18-32-34(33)24-30(50-54-36-28-52-22-20-44(36)60-50)26-42(32)56-39-11-3-7-15-47(39)58-48-16-8-4-12-40(48)56/h1-28H. The SMILES string of the molecule is c1ccc2c(c1)Oc1ccccc1N2c1cc(-c2nc3cnccc3o2)cc2c1ccc1c(N3c4ccccc4Oc4ccccc43)cc(-c3nc4cnccc4o3)cc12. The van der Waals surface area contributed by atoms with Crippen LogP contribution in [0, 0.1) is 0 Å². The summed E-state index contributed by atoms with van der Waals surface area (Å²) in [5.74, 6) is 3.97. The van der Waals surface area contributed by atoms with Gasteiger partial charge >= 0.3 is 0 Å². The van der Waals surface area contributed by atoms with Crippen LogP contribution in [0.5, 0.6) is 23.0 Å². The first-order valence-electron chi connectivity index (χ1n) is 19.5. The van der Waals surface area contributed by atoms with Crippen LogP contribution in [-0.2, 0) is 0 Å². The molecule has 0 aliphatic carbocycles. The number of rotatable bonds is 4. The number of nitrogens with zero attached hydrogens (tertiary/aromatic N) is 6. The molecular weight excluding hydrogens is 749 g/mol. The first-order valence-corrected chi connectivity index (χ1v) is 19.5. The van der Waals surface area contributed by atoms with Gasteiger partial charge in [0, 0.05) is 46.4 Å². The average Bonchev–Trinajstić information content (AvgIpc) is 3.95. The summed E-state index contributed by atoms with van der Waals surface area (Å²) in [7, 11) is 0. The Morgan fingerprint density at radius 1 is 0.367 bits per heavy atom. The lowest BCUT2D eigenvalue weighted by atomic mass is 9.94. The molecule has 11 aromatic rings. The largest absolute Gasteiger partial charge is 0.453 e. The minimum atomic E-state index is 0.479. The van der Waals surface area contributed by atoms with Gasteiger partial charge in [-0.3, -0.25) is 9.97 Å². The van der Waals surface area contributed by atoms with Gasteiger partial charge < -0.3 is 28.1 Å². The van der Waals surface area contributed by atoms with Gasteiger partial charge in [0.05, 0.1) is 46.5 Å². The monoisotopic (exact) mass is 776 g/mol. The normalized spacial score (nSPS) is 12.9. The van der Waals surface area contributed by atoms with Crippen molar-refractivity contribution in [1.29, 1.82) is 0 Å². The van der Waals surface area contributed by atoms with Crippen LogP contribution >= 0.6 is 0 Å². The van der Waals surface area contributed by atoms with E-state index in [0.29, 0.717) is 34.0 Å². The van der Waals surface area contributed by atoms with Gasteiger partial charge in [0.2, 0.25) is 11.8 Å².